The van der Waals surface area contributed by atoms with Gasteiger partial charge in [0.25, 0.3) is 0 Å². The van der Waals surface area contributed by atoms with Crippen molar-refractivity contribution in [2.75, 3.05) is 0 Å². The smallest absolute Gasteiger partial charge is 0.138 e. The molecule has 12 heavy (non-hydrogen) atoms. The van der Waals surface area contributed by atoms with E-state index < -0.39 is 0 Å². The summed E-state index contributed by atoms with van der Waals surface area (Å²) in [6.07, 6.45) is 6.36. The topological polar surface area (TPSA) is 23.8 Å². The van der Waals surface area contributed by atoms with E-state index in [9.17, 15) is 0 Å². The lowest BCUT2D eigenvalue weighted by atomic mass is 10.1. The third-order valence-corrected chi connectivity index (χ3v) is 2.38. The molecule has 0 aromatic heterocycles. The van der Waals surface area contributed by atoms with Crippen LogP contribution in [0.2, 0.25) is 0 Å². The standard InChI is InChI=1S/C8H9NS.C2H6/c1-7-4-2-3-5-8(7)10-6-9;1-2/h2,4H,3,5H2,1H3;1-2H3. The molecule has 1 aliphatic carbocycles. The summed E-state index contributed by atoms with van der Waals surface area (Å²) in [5, 5.41) is 10.5. The largest absolute Gasteiger partial charge is 0.185 e. The lowest BCUT2D eigenvalue weighted by molar-refractivity contribution is 1.00. The van der Waals surface area contributed by atoms with Gasteiger partial charge >= 0.3 is 0 Å². The summed E-state index contributed by atoms with van der Waals surface area (Å²) in [5.74, 6) is 0. The van der Waals surface area contributed by atoms with E-state index in [2.05, 4.69) is 24.5 Å². The monoisotopic (exact) mass is 181 g/mol. The minimum Gasteiger partial charge on any atom is -0.185 e. The van der Waals surface area contributed by atoms with Crippen LogP contribution in [0.1, 0.15) is 33.6 Å². The normalized spacial score (nSPS) is 14.8. The molecule has 0 unspecified atom stereocenters. The number of thiocyanates is 1. The van der Waals surface area contributed by atoms with Gasteiger partial charge in [-0.05, 0) is 37.1 Å². The van der Waals surface area contributed by atoms with Gasteiger partial charge in [0.15, 0.2) is 0 Å². The first kappa shape index (κ1) is 11.3. The molecule has 1 nitrogen and oxygen atoms in total. The predicted molar refractivity (Wildman–Crippen MR) is 55.6 cm³/mol. The molecular weight excluding hydrogens is 166 g/mol. The average Bonchev–Trinajstić information content (AvgIpc) is 2.13. The fourth-order valence-corrected chi connectivity index (χ4v) is 1.51. The lowest BCUT2D eigenvalue weighted by Gasteiger charge is -2.07. The first-order valence-electron chi connectivity index (χ1n) is 4.27. The summed E-state index contributed by atoms with van der Waals surface area (Å²) in [6, 6.07) is 0. The number of nitriles is 1. The van der Waals surface area contributed by atoms with Crippen molar-refractivity contribution >= 4 is 11.8 Å². The van der Waals surface area contributed by atoms with E-state index in [0.717, 1.165) is 12.8 Å². The Hall–Kier alpha value is -0.680. The first-order valence-corrected chi connectivity index (χ1v) is 5.08. The summed E-state index contributed by atoms with van der Waals surface area (Å²) < 4.78 is 0. The maximum atomic E-state index is 8.39. The Morgan fingerprint density at radius 2 is 2.17 bits per heavy atom. The molecule has 0 aromatic rings. The van der Waals surface area contributed by atoms with Crippen LogP contribution in [0.15, 0.2) is 22.6 Å². The van der Waals surface area contributed by atoms with Crippen molar-refractivity contribution < 1.29 is 0 Å². The van der Waals surface area contributed by atoms with Crippen LogP contribution in [0.5, 0.6) is 0 Å². The molecule has 0 aromatic carbocycles. The fraction of sp³-hybridized carbons (Fsp3) is 0.500. The number of nitrogens with zero attached hydrogens (tertiary/aromatic N) is 1. The van der Waals surface area contributed by atoms with Gasteiger partial charge in [0, 0.05) is 4.91 Å². The lowest BCUT2D eigenvalue weighted by Crippen LogP contribution is -1.86. The summed E-state index contributed by atoms with van der Waals surface area (Å²) in [5.41, 5.74) is 1.25. The Kier molecular flexibility index (Phi) is 6.60. The SMILES string of the molecule is CC.CC1=C(SC#N)CCC=C1. The minimum atomic E-state index is 1.04. The number of hydrogen-bond acceptors (Lipinski definition) is 2. The Labute approximate surface area is 79.2 Å². The van der Waals surface area contributed by atoms with E-state index in [1.165, 1.54) is 22.2 Å². The third-order valence-electron chi connectivity index (χ3n) is 1.51. The highest BCUT2D eigenvalue weighted by atomic mass is 32.2. The van der Waals surface area contributed by atoms with Gasteiger partial charge in [-0.15, -0.1) is 0 Å². The Morgan fingerprint density at radius 3 is 2.67 bits per heavy atom. The molecule has 0 saturated heterocycles. The molecule has 0 aliphatic heterocycles. The Balaban J connectivity index is 0.000000561. The molecule has 0 amide bonds. The van der Waals surface area contributed by atoms with Crippen molar-refractivity contribution in [3.8, 4) is 5.40 Å². The van der Waals surface area contributed by atoms with Crippen LogP contribution < -0.4 is 0 Å². The van der Waals surface area contributed by atoms with Gasteiger partial charge in [-0.25, -0.2) is 0 Å². The van der Waals surface area contributed by atoms with Crippen LogP contribution in [0.4, 0.5) is 0 Å². The minimum absolute atomic E-state index is 1.04. The Bertz CT molecular complexity index is 220. The van der Waals surface area contributed by atoms with Crippen LogP contribution in [-0.2, 0) is 0 Å². The molecule has 0 saturated carbocycles. The van der Waals surface area contributed by atoms with Crippen LogP contribution in [0.25, 0.3) is 0 Å². The number of allylic oxidation sites excluding steroid dienone is 4. The molecule has 0 spiro atoms. The molecule has 1 rings (SSSR count). The summed E-state index contributed by atoms with van der Waals surface area (Å²) in [4.78, 5) is 1.23. The number of thioether (sulfide) groups is 1. The second kappa shape index (κ2) is 7.00. The van der Waals surface area contributed by atoms with E-state index in [-0.39, 0.29) is 0 Å². The van der Waals surface area contributed by atoms with Crippen LogP contribution in [0, 0.1) is 10.7 Å². The summed E-state index contributed by atoms with van der Waals surface area (Å²) >= 11 is 1.29. The molecule has 0 radical (unpaired) electrons. The zero-order chi connectivity index (χ0) is 9.40. The van der Waals surface area contributed by atoms with Gasteiger partial charge in [0.2, 0.25) is 0 Å². The van der Waals surface area contributed by atoms with E-state index in [4.69, 9.17) is 5.26 Å². The van der Waals surface area contributed by atoms with E-state index in [1.807, 2.05) is 13.8 Å². The molecule has 0 N–H and O–H groups in total. The highest BCUT2D eigenvalue weighted by Gasteiger charge is 2.03. The van der Waals surface area contributed by atoms with Crippen molar-refractivity contribution in [2.24, 2.45) is 0 Å². The molecule has 0 fully saturated rings. The summed E-state index contributed by atoms with van der Waals surface area (Å²) in [6.45, 7) is 6.05. The van der Waals surface area contributed by atoms with Gasteiger partial charge in [0.1, 0.15) is 5.40 Å². The molecule has 1 aliphatic rings. The van der Waals surface area contributed by atoms with E-state index >= 15 is 0 Å². The average molecular weight is 181 g/mol. The second-order valence-electron chi connectivity index (χ2n) is 2.24. The first-order chi connectivity index (χ1) is 5.84. The van der Waals surface area contributed by atoms with Crippen molar-refractivity contribution in [1.82, 2.24) is 0 Å². The van der Waals surface area contributed by atoms with Gasteiger partial charge in [-0.3, -0.25) is 0 Å². The second-order valence-corrected chi connectivity index (χ2v) is 3.12. The summed E-state index contributed by atoms with van der Waals surface area (Å²) in [7, 11) is 0. The highest BCUT2D eigenvalue weighted by Crippen LogP contribution is 2.27. The highest BCUT2D eigenvalue weighted by molar-refractivity contribution is 8.07. The van der Waals surface area contributed by atoms with E-state index in [0.29, 0.717) is 0 Å². The van der Waals surface area contributed by atoms with Gasteiger partial charge in [-0.2, -0.15) is 5.26 Å². The van der Waals surface area contributed by atoms with Crippen molar-refractivity contribution in [2.45, 2.75) is 33.6 Å². The fourth-order valence-electron chi connectivity index (χ4n) is 0.951. The molecule has 0 atom stereocenters. The zero-order valence-electron chi connectivity index (χ0n) is 7.92. The molecule has 2 heteroatoms. The maximum absolute atomic E-state index is 8.39. The van der Waals surface area contributed by atoms with Crippen LogP contribution >= 0.6 is 11.8 Å². The molecule has 0 heterocycles. The third kappa shape index (κ3) is 3.64. The van der Waals surface area contributed by atoms with Gasteiger partial charge in [0.05, 0.1) is 0 Å². The van der Waals surface area contributed by atoms with Crippen LogP contribution in [0.3, 0.4) is 0 Å². The van der Waals surface area contributed by atoms with E-state index in [1.54, 1.807) is 0 Å². The molecule has 66 valence electrons. The number of rotatable bonds is 1. The van der Waals surface area contributed by atoms with Crippen molar-refractivity contribution in [1.29, 1.82) is 5.26 Å². The van der Waals surface area contributed by atoms with Crippen molar-refractivity contribution in [3.63, 3.8) is 0 Å². The number of hydrogen-bond donors (Lipinski definition) is 0. The quantitative estimate of drug-likeness (QED) is 0.574. The van der Waals surface area contributed by atoms with Gasteiger partial charge < -0.3 is 0 Å². The predicted octanol–water partition coefficient (Wildman–Crippen LogP) is 3.85. The van der Waals surface area contributed by atoms with Crippen LogP contribution in [-0.4, -0.2) is 0 Å². The Morgan fingerprint density at radius 1 is 1.50 bits per heavy atom. The zero-order valence-corrected chi connectivity index (χ0v) is 8.74. The maximum Gasteiger partial charge on any atom is 0.138 e. The van der Waals surface area contributed by atoms with Gasteiger partial charge in [-0.1, -0.05) is 26.0 Å². The molecule has 0 bridgehead atoms. The molecular formula is C10H15NS. The van der Waals surface area contributed by atoms with Crippen molar-refractivity contribution in [3.05, 3.63) is 22.6 Å².